The van der Waals surface area contributed by atoms with E-state index in [0.717, 1.165) is 13.1 Å². The smallest absolute Gasteiger partial charge is 0.307 e. The number of carboxylic acid groups (broad SMARTS) is 1. The van der Waals surface area contributed by atoms with Crippen LogP contribution in [0.3, 0.4) is 0 Å². The second-order valence-corrected chi connectivity index (χ2v) is 3.76. The van der Waals surface area contributed by atoms with Crippen LogP contribution in [-0.4, -0.2) is 48.1 Å². The minimum atomic E-state index is -0.817. The van der Waals surface area contributed by atoms with Crippen LogP contribution in [0.15, 0.2) is 0 Å². The molecule has 0 aromatic heterocycles. The van der Waals surface area contributed by atoms with Gasteiger partial charge in [0, 0.05) is 32.6 Å². The van der Waals surface area contributed by atoms with Crippen molar-refractivity contribution in [1.29, 1.82) is 0 Å². The van der Waals surface area contributed by atoms with Gasteiger partial charge in [-0.15, -0.1) is 0 Å². The summed E-state index contributed by atoms with van der Waals surface area (Å²) < 4.78 is 0. The van der Waals surface area contributed by atoms with E-state index in [1.165, 1.54) is 0 Å². The predicted octanol–water partition coefficient (Wildman–Crippen LogP) is 0.555. The van der Waals surface area contributed by atoms with Gasteiger partial charge in [0.25, 0.3) is 0 Å². The van der Waals surface area contributed by atoms with Crippen LogP contribution in [0.4, 0.5) is 0 Å². The third-order valence-corrected chi connectivity index (χ3v) is 2.50. The van der Waals surface area contributed by atoms with E-state index in [4.69, 9.17) is 5.11 Å². The zero-order chi connectivity index (χ0) is 12.6. The molecule has 0 aromatic rings. The Labute approximate surface area is 96.8 Å². The Bertz CT molecular complexity index is 227. The largest absolute Gasteiger partial charge is 0.481 e. The van der Waals surface area contributed by atoms with Crippen molar-refractivity contribution in [2.75, 3.05) is 26.2 Å². The molecule has 5 nitrogen and oxygen atoms in total. The van der Waals surface area contributed by atoms with Gasteiger partial charge < -0.3 is 15.3 Å². The number of aliphatic carboxylic acids is 1. The number of nitrogens with zero attached hydrogens (tertiary/aromatic N) is 1. The lowest BCUT2D eigenvalue weighted by atomic mass is 10.2. The molecule has 5 heteroatoms. The van der Waals surface area contributed by atoms with Crippen molar-refractivity contribution in [2.45, 2.75) is 27.2 Å². The third kappa shape index (κ3) is 5.70. The molecular weight excluding hydrogens is 208 g/mol. The van der Waals surface area contributed by atoms with Crippen molar-refractivity contribution in [3.63, 3.8) is 0 Å². The molecule has 0 aromatic carbocycles. The molecular formula is C11H22N2O3. The fraction of sp³-hybridized carbons (Fsp3) is 0.818. The Morgan fingerprint density at radius 2 is 1.88 bits per heavy atom. The summed E-state index contributed by atoms with van der Waals surface area (Å²) in [6, 6.07) is 0. The van der Waals surface area contributed by atoms with Crippen LogP contribution in [0.5, 0.6) is 0 Å². The average Bonchev–Trinajstić information content (AvgIpc) is 2.25. The van der Waals surface area contributed by atoms with Gasteiger partial charge in [-0.2, -0.15) is 0 Å². The van der Waals surface area contributed by atoms with Crippen LogP contribution in [0.25, 0.3) is 0 Å². The Kier molecular flexibility index (Phi) is 7.54. The summed E-state index contributed by atoms with van der Waals surface area (Å²) >= 11 is 0. The zero-order valence-electron chi connectivity index (χ0n) is 10.3. The highest BCUT2D eigenvalue weighted by molar-refractivity contribution is 5.76. The zero-order valence-corrected chi connectivity index (χ0v) is 10.3. The van der Waals surface area contributed by atoms with E-state index in [2.05, 4.69) is 5.32 Å². The molecule has 1 atom stereocenters. The lowest BCUT2D eigenvalue weighted by Crippen LogP contribution is -2.34. The van der Waals surface area contributed by atoms with Gasteiger partial charge in [0.1, 0.15) is 0 Å². The molecule has 16 heavy (non-hydrogen) atoms. The van der Waals surface area contributed by atoms with Crippen LogP contribution in [0.2, 0.25) is 0 Å². The summed E-state index contributed by atoms with van der Waals surface area (Å²) in [6.45, 7) is 7.92. The number of hydrogen-bond acceptors (Lipinski definition) is 3. The van der Waals surface area contributed by atoms with E-state index in [1.807, 2.05) is 13.8 Å². The molecule has 1 unspecified atom stereocenters. The van der Waals surface area contributed by atoms with Gasteiger partial charge in [-0.25, -0.2) is 0 Å². The van der Waals surface area contributed by atoms with E-state index < -0.39 is 11.9 Å². The summed E-state index contributed by atoms with van der Waals surface area (Å²) in [6.07, 6.45) is 0.425. The Morgan fingerprint density at radius 1 is 1.31 bits per heavy atom. The van der Waals surface area contributed by atoms with Crippen molar-refractivity contribution in [3.05, 3.63) is 0 Å². The van der Waals surface area contributed by atoms with Gasteiger partial charge in [-0.1, -0.05) is 6.92 Å². The highest BCUT2D eigenvalue weighted by Gasteiger charge is 2.11. The molecule has 0 aliphatic carbocycles. The van der Waals surface area contributed by atoms with E-state index in [0.29, 0.717) is 19.5 Å². The van der Waals surface area contributed by atoms with E-state index in [-0.39, 0.29) is 5.91 Å². The maximum absolute atomic E-state index is 11.6. The van der Waals surface area contributed by atoms with Crippen molar-refractivity contribution in [3.8, 4) is 0 Å². The number of hydrogen-bond donors (Lipinski definition) is 2. The molecule has 0 saturated heterocycles. The maximum Gasteiger partial charge on any atom is 0.307 e. The summed E-state index contributed by atoms with van der Waals surface area (Å²) in [5, 5.41) is 11.6. The molecule has 0 spiro atoms. The fourth-order valence-electron chi connectivity index (χ4n) is 1.34. The topological polar surface area (TPSA) is 69.6 Å². The SMILES string of the molecule is CCN(CC)C(=O)CCNCC(C)C(=O)O. The number of amides is 1. The first kappa shape index (κ1) is 14.9. The minimum absolute atomic E-state index is 0.112. The second-order valence-electron chi connectivity index (χ2n) is 3.76. The first-order valence-corrected chi connectivity index (χ1v) is 5.74. The van der Waals surface area contributed by atoms with E-state index in [1.54, 1.807) is 11.8 Å². The molecule has 0 fully saturated rings. The van der Waals surface area contributed by atoms with Crippen LogP contribution in [0.1, 0.15) is 27.2 Å². The number of carbonyl (C=O) groups excluding carboxylic acids is 1. The summed E-state index contributed by atoms with van der Waals surface area (Å²) in [5.74, 6) is -1.12. The van der Waals surface area contributed by atoms with Crippen LogP contribution in [0, 0.1) is 5.92 Å². The van der Waals surface area contributed by atoms with Crippen LogP contribution < -0.4 is 5.32 Å². The molecule has 0 radical (unpaired) electrons. The molecule has 0 aliphatic rings. The normalized spacial score (nSPS) is 12.2. The Balaban J connectivity index is 3.66. The second kappa shape index (κ2) is 8.10. The molecule has 0 saturated carbocycles. The highest BCUT2D eigenvalue weighted by Crippen LogP contribution is 1.94. The van der Waals surface area contributed by atoms with Gasteiger partial charge in [0.05, 0.1) is 5.92 Å². The van der Waals surface area contributed by atoms with E-state index >= 15 is 0 Å². The van der Waals surface area contributed by atoms with Gasteiger partial charge >= 0.3 is 5.97 Å². The predicted molar refractivity (Wildman–Crippen MR) is 62.2 cm³/mol. The first-order chi connectivity index (χ1) is 7.52. The molecule has 2 N–H and O–H groups in total. The molecule has 94 valence electrons. The van der Waals surface area contributed by atoms with Gasteiger partial charge in [0.15, 0.2) is 0 Å². The van der Waals surface area contributed by atoms with Gasteiger partial charge in [-0.05, 0) is 13.8 Å². The Hall–Kier alpha value is -1.10. The summed E-state index contributed by atoms with van der Waals surface area (Å²) in [7, 11) is 0. The van der Waals surface area contributed by atoms with Crippen molar-refractivity contribution < 1.29 is 14.7 Å². The third-order valence-electron chi connectivity index (χ3n) is 2.50. The lowest BCUT2D eigenvalue weighted by molar-refractivity contribution is -0.140. The number of rotatable bonds is 8. The molecule has 0 rings (SSSR count). The first-order valence-electron chi connectivity index (χ1n) is 5.74. The van der Waals surface area contributed by atoms with Crippen molar-refractivity contribution in [1.82, 2.24) is 10.2 Å². The lowest BCUT2D eigenvalue weighted by Gasteiger charge is -2.18. The van der Waals surface area contributed by atoms with Gasteiger partial charge in [0.2, 0.25) is 5.91 Å². The number of nitrogens with one attached hydrogen (secondary N) is 1. The quantitative estimate of drug-likeness (QED) is 0.598. The van der Waals surface area contributed by atoms with Crippen LogP contribution in [-0.2, 0) is 9.59 Å². The maximum atomic E-state index is 11.6. The fourth-order valence-corrected chi connectivity index (χ4v) is 1.34. The van der Waals surface area contributed by atoms with Gasteiger partial charge in [-0.3, -0.25) is 9.59 Å². The highest BCUT2D eigenvalue weighted by atomic mass is 16.4. The summed E-state index contributed by atoms with van der Waals surface area (Å²) in [4.78, 5) is 23.8. The van der Waals surface area contributed by atoms with E-state index in [9.17, 15) is 9.59 Å². The summed E-state index contributed by atoms with van der Waals surface area (Å²) in [5.41, 5.74) is 0. The molecule has 0 heterocycles. The Morgan fingerprint density at radius 3 is 2.31 bits per heavy atom. The molecule has 1 amide bonds. The van der Waals surface area contributed by atoms with Crippen LogP contribution >= 0.6 is 0 Å². The van der Waals surface area contributed by atoms with Crippen molar-refractivity contribution in [2.24, 2.45) is 5.92 Å². The monoisotopic (exact) mass is 230 g/mol. The number of carboxylic acids is 1. The molecule has 0 aliphatic heterocycles. The minimum Gasteiger partial charge on any atom is -0.481 e. The average molecular weight is 230 g/mol. The van der Waals surface area contributed by atoms with Crippen molar-refractivity contribution >= 4 is 11.9 Å². The standard InChI is InChI=1S/C11H22N2O3/c1-4-13(5-2)10(14)6-7-12-8-9(3)11(15)16/h9,12H,4-8H2,1-3H3,(H,15,16). The molecule has 0 bridgehead atoms. The number of carbonyl (C=O) groups is 2.